The van der Waals surface area contributed by atoms with Crippen molar-refractivity contribution in [3.05, 3.63) is 38.4 Å². The van der Waals surface area contributed by atoms with E-state index in [-0.39, 0.29) is 6.15 Å². The average molecular weight is 201 g/mol. The van der Waals surface area contributed by atoms with Crippen LogP contribution in [0.3, 0.4) is 0 Å². The smallest absolute Gasteiger partial charge is 0.276 e. The van der Waals surface area contributed by atoms with Gasteiger partial charge in [0.25, 0.3) is 11.4 Å². The van der Waals surface area contributed by atoms with E-state index in [0.29, 0.717) is 6.07 Å². The first-order chi connectivity index (χ1) is 6.02. The van der Waals surface area contributed by atoms with Gasteiger partial charge in [-0.25, -0.2) is 0 Å². The molecule has 8 heteroatoms. The predicted octanol–water partition coefficient (Wildman–Crippen LogP) is 0.953. The summed E-state index contributed by atoms with van der Waals surface area (Å²) in [5.74, 6) is -0.837. The zero-order chi connectivity index (χ0) is 10.0. The van der Waals surface area contributed by atoms with Crippen LogP contribution in [0.4, 0.5) is 11.4 Å². The molecule has 0 saturated heterocycles. The quantitative estimate of drug-likeness (QED) is 0.558. The Morgan fingerprint density at radius 2 is 1.64 bits per heavy atom. The van der Waals surface area contributed by atoms with Crippen molar-refractivity contribution < 1.29 is 15.0 Å². The summed E-state index contributed by atoms with van der Waals surface area (Å²) in [6, 6.07) is 2.37. The van der Waals surface area contributed by atoms with E-state index in [2.05, 4.69) is 0 Å². The second-order valence-electron chi connectivity index (χ2n) is 2.17. The number of nitro benzene ring substituents is 2. The number of benzene rings is 1. The Balaban J connectivity index is 0.00000169. The molecule has 0 aromatic heterocycles. The second kappa shape index (κ2) is 4.14. The number of non-ortho nitro benzene ring substituents is 1. The molecule has 0 aliphatic rings. The van der Waals surface area contributed by atoms with Gasteiger partial charge in [-0.3, -0.25) is 20.2 Å². The zero-order valence-corrected chi connectivity index (χ0v) is 7.17. The maximum Gasteiger partial charge on any atom is 0.276 e. The number of nitro groups is 2. The molecule has 0 saturated carbocycles. The molecular formula is C6H7N3O5. The molecule has 1 aromatic carbocycles. The molecule has 0 amide bonds. The topological polar surface area (TPSA) is 146 Å². The van der Waals surface area contributed by atoms with Crippen molar-refractivity contribution in [3.8, 4) is 5.75 Å². The molecule has 1 rings (SSSR count). The molecule has 0 aliphatic carbocycles. The van der Waals surface area contributed by atoms with E-state index < -0.39 is 27.0 Å². The second-order valence-corrected chi connectivity index (χ2v) is 2.17. The molecule has 0 aliphatic heterocycles. The molecule has 76 valence electrons. The van der Waals surface area contributed by atoms with Gasteiger partial charge in [-0.2, -0.15) is 0 Å². The molecule has 0 radical (unpaired) electrons. The third-order valence-electron chi connectivity index (χ3n) is 1.35. The third-order valence-corrected chi connectivity index (χ3v) is 1.35. The fourth-order valence-corrected chi connectivity index (χ4v) is 0.762. The first kappa shape index (κ1) is 11.8. The van der Waals surface area contributed by atoms with Crippen molar-refractivity contribution in [2.45, 2.75) is 0 Å². The van der Waals surface area contributed by atoms with Crippen LogP contribution < -0.4 is 11.3 Å². The van der Waals surface area contributed by atoms with Crippen molar-refractivity contribution >= 4 is 11.4 Å². The molecule has 0 bridgehead atoms. The van der Waals surface area contributed by atoms with E-state index in [4.69, 9.17) is 0 Å². The molecular weight excluding hydrogens is 194 g/mol. The number of quaternary nitrogens is 1. The fraction of sp³-hybridized carbons (Fsp3) is 0. The maximum absolute atomic E-state index is 10.8. The molecule has 8 nitrogen and oxygen atoms in total. The molecule has 0 atom stereocenters. The van der Waals surface area contributed by atoms with Crippen LogP contribution in [-0.4, -0.2) is 9.85 Å². The lowest BCUT2D eigenvalue weighted by atomic mass is 10.2. The number of hydrogen-bond donors (Lipinski definition) is 1. The van der Waals surface area contributed by atoms with Crippen molar-refractivity contribution in [2.24, 2.45) is 0 Å². The Bertz CT molecular complexity index is 378. The largest absolute Gasteiger partial charge is 0.868 e. The van der Waals surface area contributed by atoms with E-state index in [1.165, 1.54) is 0 Å². The Labute approximate surface area is 77.7 Å². The van der Waals surface area contributed by atoms with Gasteiger partial charge in [0.1, 0.15) is 0 Å². The van der Waals surface area contributed by atoms with Crippen LogP contribution in [0.5, 0.6) is 5.75 Å². The van der Waals surface area contributed by atoms with E-state index in [9.17, 15) is 25.3 Å². The molecule has 0 spiro atoms. The van der Waals surface area contributed by atoms with Gasteiger partial charge in [0.15, 0.2) is 0 Å². The third kappa shape index (κ3) is 2.14. The normalized spacial score (nSPS) is 8.86. The van der Waals surface area contributed by atoms with E-state index in [1.54, 1.807) is 0 Å². The Hall–Kier alpha value is -2.22. The Morgan fingerprint density at radius 3 is 2.07 bits per heavy atom. The Morgan fingerprint density at radius 1 is 1.07 bits per heavy atom. The highest BCUT2D eigenvalue weighted by molar-refractivity contribution is 5.51. The van der Waals surface area contributed by atoms with E-state index >= 15 is 0 Å². The van der Waals surface area contributed by atoms with Gasteiger partial charge in [0, 0.05) is 6.07 Å². The number of hydrogen-bond acceptors (Lipinski definition) is 5. The summed E-state index contributed by atoms with van der Waals surface area (Å²) in [4.78, 5) is 18.6. The van der Waals surface area contributed by atoms with E-state index in [0.717, 1.165) is 12.1 Å². The summed E-state index contributed by atoms with van der Waals surface area (Å²) < 4.78 is 0. The van der Waals surface area contributed by atoms with Gasteiger partial charge in [0.2, 0.25) is 0 Å². The van der Waals surface area contributed by atoms with E-state index in [1.807, 2.05) is 0 Å². The predicted molar refractivity (Wildman–Crippen MR) is 45.2 cm³/mol. The summed E-state index contributed by atoms with van der Waals surface area (Å²) in [5, 5.41) is 31.1. The highest BCUT2D eigenvalue weighted by atomic mass is 16.6. The van der Waals surface area contributed by atoms with Gasteiger partial charge in [-0.05, 0) is 5.75 Å². The maximum atomic E-state index is 10.8. The average Bonchev–Trinajstić information content (AvgIpc) is 2.04. The molecule has 0 fully saturated rings. The molecule has 0 heterocycles. The lowest BCUT2D eigenvalue weighted by Gasteiger charge is -2.03. The molecule has 14 heavy (non-hydrogen) atoms. The monoisotopic (exact) mass is 201 g/mol. The summed E-state index contributed by atoms with van der Waals surface area (Å²) in [6.07, 6.45) is 0. The Kier molecular flexibility index (Phi) is 3.48. The minimum absolute atomic E-state index is 0. The fourth-order valence-electron chi connectivity index (χ4n) is 0.762. The standard InChI is InChI=1S/C6H4N2O5.H3N/c9-6-2-1-4(7(10)11)3-5(6)8(12)13;/h1-3,9H;1H3. The molecule has 1 aromatic rings. The van der Waals surface area contributed by atoms with Crippen LogP contribution in [0.25, 0.3) is 0 Å². The van der Waals surface area contributed by atoms with Crippen LogP contribution >= 0.6 is 0 Å². The first-order valence-corrected chi connectivity index (χ1v) is 3.12. The van der Waals surface area contributed by atoms with Crippen molar-refractivity contribution in [1.82, 2.24) is 6.15 Å². The van der Waals surface area contributed by atoms with Gasteiger partial charge in [-0.15, -0.1) is 0 Å². The summed E-state index contributed by atoms with van der Waals surface area (Å²) >= 11 is 0. The molecule has 0 unspecified atom stereocenters. The summed E-state index contributed by atoms with van der Waals surface area (Å²) in [7, 11) is 0. The van der Waals surface area contributed by atoms with Crippen molar-refractivity contribution in [2.75, 3.05) is 0 Å². The number of rotatable bonds is 2. The number of nitrogens with zero attached hydrogens (tertiary/aromatic N) is 2. The van der Waals surface area contributed by atoms with Gasteiger partial charge < -0.3 is 11.3 Å². The summed E-state index contributed by atoms with van der Waals surface area (Å²) in [5.41, 5.74) is -1.25. The van der Waals surface area contributed by atoms with Gasteiger partial charge in [0.05, 0.1) is 15.9 Å². The van der Waals surface area contributed by atoms with Crippen LogP contribution in [0.15, 0.2) is 18.2 Å². The summed E-state index contributed by atoms with van der Waals surface area (Å²) in [6.45, 7) is 0. The zero-order valence-electron chi connectivity index (χ0n) is 7.17. The highest BCUT2D eigenvalue weighted by Crippen LogP contribution is 2.27. The minimum Gasteiger partial charge on any atom is -0.868 e. The van der Waals surface area contributed by atoms with Crippen LogP contribution in [0.2, 0.25) is 0 Å². The van der Waals surface area contributed by atoms with Crippen LogP contribution in [0.1, 0.15) is 0 Å². The lowest BCUT2D eigenvalue weighted by molar-refractivity contribution is -0.403. The van der Waals surface area contributed by atoms with Crippen molar-refractivity contribution in [1.29, 1.82) is 0 Å². The van der Waals surface area contributed by atoms with Crippen molar-refractivity contribution in [3.63, 3.8) is 0 Å². The first-order valence-electron chi connectivity index (χ1n) is 3.12. The minimum atomic E-state index is -0.949. The van der Waals surface area contributed by atoms with Crippen LogP contribution in [-0.2, 0) is 0 Å². The SMILES string of the molecule is O=[N+]([O-])c1ccc([O-])c([N+](=O)[O-])c1.[NH4+]. The lowest BCUT2D eigenvalue weighted by Crippen LogP contribution is -1.98. The highest BCUT2D eigenvalue weighted by Gasteiger charge is 2.13. The van der Waals surface area contributed by atoms with Crippen LogP contribution in [0, 0.1) is 20.2 Å². The van der Waals surface area contributed by atoms with Gasteiger partial charge in [-0.1, -0.05) is 6.07 Å². The van der Waals surface area contributed by atoms with Gasteiger partial charge >= 0.3 is 0 Å². The molecule has 4 N–H and O–H groups in total.